The normalized spacial score (nSPS) is 15.2. The lowest BCUT2D eigenvalue weighted by atomic mass is 9.90. The molecule has 0 saturated heterocycles. The van der Waals surface area contributed by atoms with E-state index in [0.717, 1.165) is 0 Å². The first-order chi connectivity index (χ1) is 5.50. The minimum absolute atomic E-state index is 0.419. The van der Waals surface area contributed by atoms with Crippen LogP contribution in [0.5, 0.6) is 0 Å². The summed E-state index contributed by atoms with van der Waals surface area (Å²) in [5.74, 6) is -3.63. The highest BCUT2D eigenvalue weighted by atomic mass is 16.4. The molecule has 0 rings (SSSR count). The third-order valence-corrected chi connectivity index (χ3v) is 1.91. The van der Waals surface area contributed by atoms with Gasteiger partial charge in [0, 0.05) is 0 Å². The smallest absolute Gasteiger partial charge is 0.307 e. The van der Waals surface area contributed by atoms with Crippen molar-refractivity contribution in [3.63, 3.8) is 0 Å². The predicted octanol–water partition coefficient (Wildman–Crippen LogP) is 1.21. The van der Waals surface area contributed by atoms with Crippen molar-refractivity contribution in [1.82, 2.24) is 0 Å². The van der Waals surface area contributed by atoms with E-state index in [2.05, 4.69) is 0 Å². The third kappa shape index (κ3) is 2.90. The van der Waals surface area contributed by atoms with E-state index in [1.165, 1.54) is 6.92 Å². The van der Waals surface area contributed by atoms with Crippen molar-refractivity contribution in [3.8, 4) is 0 Å². The standard InChI is InChI=1S/C8H14O4/c1-3-4-6(8(11)12)5(2)7(9)10/h5-6H,3-4H2,1-2H3,(H,9,10)(H,11,12). The molecule has 70 valence electrons. The zero-order valence-corrected chi connectivity index (χ0v) is 7.28. The molecule has 2 N–H and O–H groups in total. The monoisotopic (exact) mass is 174 g/mol. The summed E-state index contributed by atoms with van der Waals surface area (Å²) in [6, 6.07) is 0. The number of rotatable bonds is 5. The van der Waals surface area contributed by atoms with Gasteiger partial charge in [-0.05, 0) is 6.42 Å². The summed E-state index contributed by atoms with van der Waals surface area (Å²) in [4.78, 5) is 21.0. The van der Waals surface area contributed by atoms with Crippen LogP contribution in [-0.4, -0.2) is 22.2 Å². The molecule has 12 heavy (non-hydrogen) atoms. The molecule has 0 radical (unpaired) electrons. The van der Waals surface area contributed by atoms with Gasteiger partial charge in [0.2, 0.25) is 0 Å². The second-order valence-electron chi connectivity index (χ2n) is 2.86. The summed E-state index contributed by atoms with van der Waals surface area (Å²) in [6.45, 7) is 3.27. The zero-order chi connectivity index (χ0) is 9.72. The average Bonchev–Trinajstić information content (AvgIpc) is 1.98. The third-order valence-electron chi connectivity index (χ3n) is 1.91. The van der Waals surface area contributed by atoms with E-state index in [9.17, 15) is 9.59 Å². The average molecular weight is 174 g/mol. The van der Waals surface area contributed by atoms with Crippen LogP contribution < -0.4 is 0 Å². The van der Waals surface area contributed by atoms with Crippen molar-refractivity contribution in [2.24, 2.45) is 11.8 Å². The summed E-state index contributed by atoms with van der Waals surface area (Å²) in [5, 5.41) is 17.2. The van der Waals surface area contributed by atoms with Gasteiger partial charge in [0.05, 0.1) is 11.8 Å². The van der Waals surface area contributed by atoms with Crippen LogP contribution in [0.1, 0.15) is 26.7 Å². The maximum Gasteiger partial charge on any atom is 0.307 e. The molecule has 0 bridgehead atoms. The largest absolute Gasteiger partial charge is 0.481 e. The van der Waals surface area contributed by atoms with Gasteiger partial charge in [-0.25, -0.2) is 0 Å². The lowest BCUT2D eigenvalue weighted by Crippen LogP contribution is -2.27. The van der Waals surface area contributed by atoms with E-state index in [1.54, 1.807) is 0 Å². The summed E-state index contributed by atoms with van der Waals surface area (Å²) in [6.07, 6.45) is 1.11. The summed E-state index contributed by atoms with van der Waals surface area (Å²) in [5.41, 5.74) is 0. The Hall–Kier alpha value is -1.06. The number of aliphatic carboxylic acids is 2. The van der Waals surface area contributed by atoms with Gasteiger partial charge in [0.15, 0.2) is 0 Å². The fourth-order valence-electron chi connectivity index (χ4n) is 1.07. The first kappa shape index (κ1) is 10.9. The van der Waals surface area contributed by atoms with Crippen LogP contribution in [-0.2, 0) is 9.59 Å². The topological polar surface area (TPSA) is 74.6 Å². The van der Waals surface area contributed by atoms with Crippen molar-refractivity contribution in [1.29, 1.82) is 0 Å². The highest BCUT2D eigenvalue weighted by Crippen LogP contribution is 2.17. The highest BCUT2D eigenvalue weighted by Gasteiger charge is 2.28. The Balaban J connectivity index is 4.28. The molecule has 0 aliphatic heterocycles. The molecule has 0 aliphatic rings. The van der Waals surface area contributed by atoms with Crippen LogP contribution in [0.25, 0.3) is 0 Å². The number of carboxylic acids is 2. The van der Waals surface area contributed by atoms with E-state index in [1.807, 2.05) is 6.92 Å². The Morgan fingerprint density at radius 1 is 1.25 bits per heavy atom. The molecular formula is C8H14O4. The minimum atomic E-state index is -1.05. The fraction of sp³-hybridized carbons (Fsp3) is 0.750. The van der Waals surface area contributed by atoms with Crippen molar-refractivity contribution in [2.75, 3.05) is 0 Å². The fourth-order valence-corrected chi connectivity index (χ4v) is 1.07. The first-order valence-electron chi connectivity index (χ1n) is 3.96. The second-order valence-corrected chi connectivity index (χ2v) is 2.86. The van der Waals surface area contributed by atoms with Crippen LogP contribution in [0.15, 0.2) is 0 Å². The van der Waals surface area contributed by atoms with Gasteiger partial charge in [-0.2, -0.15) is 0 Å². The van der Waals surface area contributed by atoms with Gasteiger partial charge in [0.25, 0.3) is 0 Å². The van der Waals surface area contributed by atoms with Crippen LogP contribution in [0, 0.1) is 11.8 Å². The van der Waals surface area contributed by atoms with E-state index < -0.39 is 23.8 Å². The molecule has 2 atom stereocenters. The van der Waals surface area contributed by atoms with Gasteiger partial charge < -0.3 is 10.2 Å². The van der Waals surface area contributed by atoms with Crippen LogP contribution >= 0.6 is 0 Å². The molecule has 0 amide bonds. The van der Waals surface area contributed by atoms with Gasteiger partial charge in [0.1, 0.15) is 0 Å². The Bertz CT molecular complexity index is 176. The van der Waals surface area contributed by atoms with E-state index in [-0.39, 0.29) is 0 Å². The molecule has 0 aromatic heterocycles. The second kappa shape index (κ2) is 4.74. The molecule has 0 spiro atoms. The van der Waals surface area contributed by atoms with Crippen molar-refractivity contribution < 1.29 is 19.8 Å². The zero-order valence-electron chi connectivity index (χ0n) is 7.28. The van der Waals surface area contributed by atoms with E-state index >= 15 is 0 Å². The number of carboxylic acid groups (broad SMARTS) is 2. The predicted molar refractivity (Wildman–Crippen MR) is 42.8 cm³/mol. The highest BCUT2D eigenvalue weighted by molar-refractivity contribution is 5.79. The number of carbonyl (C=O) groups is 2. The van der Waals surface area contributed by atoms with Gasteiger partial charge in [-0.3, -0.25) is 9.59 Å². The maximum absolute atomic E-state index is 10.6. The number of hydrogen-bond donors (Lipinski definition) is 2. The molecule has 0 heterocycles. The van der Waals surface area contributed by atoms with Crippen LogP contribution in [0.3, 0.4) is 0 Å². The van der Waals surface area contributed by atoms with Crippen molar-refractivity contribution in [2.45, 2.75) is 26.7 Å². The first-order valence-corrected chi connectivity index (χ1v) is 3.96. The summed E-state index contributed by atoms with van der Waals surface area (Å²) < 4.78 is 0. The summed E-state index contributed by atoms with van der Waals surface area (Å²) >= 11 is 0. The number of hydrogen-bond acceptors (Lipinski definition) is 2. The lowest BCUT2D eigenvalue weighted by molar-refractivity contribution is -0.153. The molecule has 0 aliphatic carbocycles. The molecule has 2 unspecified atom stereocenters. The molecule has 0 aromatic carbocycles. The lowest BCUT2D eigenvalue weighted by Gasteiger charge is -2.14. The maximum atomic E-state index is 10.6. The molecule has 4 heteroatoms. The molecule has 4 nitrogen and oxygen atoms in total. The molecule has 0 aromatic rings. The van der Waals surface area contributed by atoms with Gasteiger partial charge in [-0.15, -0.1) is 0 Å². The van der Waals surface area contributed by atoms with E-state index in [0.29, 0.717) is 12.8 Å². The Labute approximate surface area is 71.2 Å². The Morgan fingerprint density at radius 2 is 1.75 bits per heavy atom. The van der Waals surface area contributed by atoms with Gasteiger partial charge >= 0.3 is 11.9 Å². The minimum Gasteiger partial charge on any atom is -0.481 e. The van der Waals surface area contributed by atoms with Gasteiger partial charge in [-0.1, -0.05) is 20.3 Å². The Morgan fingerprint density at radius 3 is 2.00 bits per heavy atom. The van der Waals surface area contributed by atoms with Crippen LogP contribution in [0.4, 0.5) is 0 Å². The van der Waals surface area contributed by atoms with Crippen molar-refractivity contribution in [3.05, 3.63) is 0 Å². The quantitative estimate of drug-likeness (QED) is 0.656. The molecule has 0 saturated carbocycles. The van der Waals surface area contributed by atoms with Crippen molar-refractivity contribution >= 4 is 11.9 Å². The SMILES string of the molecule is CCCC(C(=O)O)C(C)C(=O)O. The van der Waals surface area contributed by atoms with Crippen LogP contribution in [0.2, 0.25) is 0 Å². The summed E-state index contributed by atoms with van der Waals surface area (Å²) in [7, 11) is 0. The molecular weight excluding hydrogens is 160 g/mol. The Kier molecular flexibility index (Phi) is 4.33. The molecule has 0 fully saturated rings. The van der Waals surface area contributed by atoms with E-state index in [4.69, 9.17) is 10.2 Å².